The predicted octanol–water partition coefficient (Wildman–Crippen LogP) is 2.07. The third-order valence-electron chi connectivity index (χ3n) is 3.91. The van der Waals surface area contributed by atoms with Gasteiger partial charge < -0.3 is 10.4 Å². The molecule has 0 heterocycles. The lowest BCUT2D eigenvalue weighted by Gasteiger charge is -2.26. The Morgan fingerprint density at radius 3 is 2.43 bits per heavy atom. The lowest BCUT2D eigenvalue weighted by atomic mass is 9.93. The van der Waals surface area contributed by atoms with Crippen molar-refractivity contribution in [3.63, 3.8) is 0 Å². The molecule has 0 bridgehead atoms. The first-order valence-electron chi connectivity index (χ1n) is 6.28. The maximum absolute atomic E-state index is 9.63. The Bertz CT molecular complexity index is 168. The summed E-state index contributed by atoms with van der Waals surface area (Å²) in [6.07, 6.45) is 10.2. The van der Waals surface area contributed by atoms with Crippen molar-refractivity contribution < 1.29 is 5.11 Å². The molecule has 2 saturated carbocycles. The molecule has 2 rings (SSSR count). The van der Waals surface area contributed by atoms with Gasteiger partial charge in [0.15, 0.2) is 0 Å². The summed E-state index contributed by atoms with van der Waals surface area (Å²) in [5.41, 5.74) is 0. The van der Waals surface area contributed by atoms with E-state index in [4.69, 9.17) is 0 Å². The Morgan fingerprint density at radius 1 is 1.07 bits per heavy atom. The molecule has 0 aromatic rings. The fourth-order valence-corrected chi connectivity index (χ4v) is 2.64. The largest absolute Gasteiger partial charge is 0.393 e. The Kier molecular flexibility index (Phi) is 3.82. The van der Waals surface area contributed by atoms with Gasteiger partial charge in [-0.25, -0.2) is 0 Å². The van der Waals surface area contributed by atoms with Crippen molar-refractivity contribution in [2.75, 3.05) is 6.54 Å². The first-order chi connectivity index (χ1) is 6.86. The lowest BCUT2D eigenvalue weighted by molar-refractivity contribution is 0.126. The highest BCUT2D eigenvalue weighted by atomic mass is 16.3. The number of aliphatic hydroxyl groups is 1. The van der Waals surface area contributed by atoms with E-state index in [1.54, 1.807) is 0 Å². The molecule has 0 saturated heterocycles. The number of rotatable bonds is 5. The summed E-state index contributed by atoms with van der Waals surface area (Å²) in [4.78, 5) is 0. The zero-order valence-corrected chi connectivity index (χ0v) is 9.04. The molecule has 82 valence electrons. The minimum Gasteiger partial charge on any atom is -0.393 e. The molecule has 0 aromatic heterocycles. The van der Waals surface area contributed by atoms with Crippen LogP contribution in [0.2, 0.25) is 0 Å². The van der Waals surface area contributed by atoms with Gasteiger partial charge in [0.05, 0.1) is 6.10 Å². The van der Waals surface area contributed by atoms with E-state index in [1.165, 1.54) is 44.9 Å². The summed E-state index contributed by atoms with van der Waals surface area (Å²) in [6, 6.07) is 0.823. The quantitative estimate of drug-likeness (QED) is 0.661. The van der Waals surface area contributed by atoms with Gasteiger partial charge in [-0.15, -0.1) is 0 Å². The second-order valence-electron chi connectivity index (χ2n) is 4.98. The molecule has 0 aliphatic heterocycles. The van der Waals surface area contributed by atoms with E-state index in [-0.39, 0.29) is 6.10 Å². The van der Waals surface area contributed by atoms with Crippen LogP contribution in [0.25, 0.3) is 0 Å². The van der Waals surface area contributed by atoms with E-state index in [0.717, 1.165) is 19.0 Å². The van der Waals surface area contributed by atoms with Crippen LogP contribution in [0.15, 0.2) is 0 Å². The van der Waals surface area contributed by atoms with Crippen molar-refractivity contribution in [1.82, 2.24) is 5.32 Å². The van der Waals surface area contributed by atoms with Crippen LogP contribution >= 0.6 is 0 Å². The molecule has 0 radical (unpaired) electrons. The van der Waals surface area contributed by atoms with Gasteiger partial charge in [-0.05, 0) is 51.0 Å². The minimum absolute atomic E-state index is 0.0127. The fourth-order valence-electron chi connectivity index (χ4n) is 2.64. The third-order valence-corrected chi connectivity index (χ3v) is 3.91. The van der Waals surface area contributed by atoms with Gasteiger partial charge in [-0.1, -0.05) is 12.8 Å². The number of hydrogen-bond acceptors (Lipinski definition) is 2. The van der Waals surface area contributed by atoms with Gasteiger partial charge in [0, 0.05) is 6.04 Å². The average Bonchev–Trinajstić information content (AvgIpc) is 2.48. The van der Waals surface area contributed by atoms with E-state index < -0.39 is 0 Å². The molecular formula is C12H23NO. The van der Waals surface area contributed by atoms with E-state index in [1.807, 2.05) is 0 Å². The summed E-state index contributed by atoms with van der Waals surface area (Å²) in [6.45, 7) is 1.16. The van der Waals surface area contributed by atoms with Gasteiger partial charge in [0.1, 0.15) is 0 Å². The summed E-state index contributed by atoms with van der Waals surface area (Å²) in [5, 5.41) is 13.2. The second-order valence-corrected chi connectivity index (χ2v) is 4.98. The molecule has 2 nitrogen and oxygen atoms in total. The fraction of sp³-hybridized carbons (Fsp3) is 1.00. The van der Waals surface area contributed by atoms with Crippen molar-refractivity contribution in [3.8, 4) is 0 Å². The van der Waals surface area contributed by atoms with Crippen molar-refractivity contribution in [2.45, 2.75) is 63.5 Å². The van der Waals surface area contributed by atoms with Gasteiger partial charge in [0.2, 0.25) is 0 Å². The molecule has 0 spiro atoms. The molecule has 2 atom stereocenters. The normalized spacial score (nSPS) is 33.2. The maximum atomic E-state index is 9.63. The van der Waals surface area contributed by atoms with E-state index in [2.05, 4.69) is 5.32 Å². The summed E-state index contributed by atoms with van der Waals surface area (Å²) >= 11 is 0. The van der Waals surface area contributed by atoms with E-state index in [0.29, 0.717) is 5.92 Å². The van der Waals surface area contributed by atoms with Crippen molar-refractivity contribution in [1.29, 1.82) is 0 Å². The summed E-state index contributed by atoms with van der Waals surface area (Å²) < 4.78 is 0. The van der Waals surface area contributed by atoms with Crippen LogP contribution in [0, 0.1) is 5.92 Å². The third kappa shape index (κ3) is 2.71. The second kappa shape index (κ2) is 5.13. The van der Waals surface area contributed by atoms with Crippen LogP contribution in [0.1, 0.15) is 51.4 Å². The van der Waals surface area contributed by atoms with Crippen LogP contribution in [0.3, 0.4) is 0 Å². The van der Waals surface area contributed by atoms with Crippen molar-refractivity contribution in [2.24, 2.45) is 5.92 Å². The summed E-state index contributed by atoms with van der Waals surface area (Å²) in [7, 11) is 0. The zero-order valence-electron chi connectivity index (χ0n) is 9.04. The van der Waals surface area contributed by atoms with Crippen molar-refractivity contribution >= 4 is 0 Å². The molecule has 14 heavy (non-hydrogen) atoms. The average molecular weight is 197 g/mol. The highest BCUT2D eigenvalue weighted by Crippen LogP contribution is 2.29. The van der Waals surface area contributed by atoms with Crippen LogP contribution in [0.4, 0.5) is 0 Å². The van der Waals surface area contributed by atoms with Crippen LogP contribution in [-0.2, 0) is 0 Å². The smallest absolute Gasteiger partial charge is 0.0568 e. The van der Waals surface area contributed by atoms with Crippen LogP contribution in [0.5, 0.6) is 0 Å². The Hall–Kier alpha value is -0.0800. The van der Waals surface area contributed by atoms with Crippen LogP contribution in [-0.4, -0.2) is 23.8 Å². The standard InChI is InChI=1S/C12H23NO/c14-12-8-1-4-10(12)5-3-9-13-11-6-2-7-11/h10-14H,1-9H2. The Balaban J connectivity index is 1.49. The molecular weight excluding hydrogens is 174 g/mol. The monoisotopic (exact) mass is 197 g/mol. The molecule has 2 unspecified atom stereocenters. The molecule has 0 aromatic carbocycles. The predicted molar refractivity (Wildman–Crippen MR) is 58.2 cm³/mol. The highest BCUT2D eigenvalue weighted by Gasteiger charge is 2.24. The van der Waals surface area contributed by atoms with Gasteiger partial charge in [-0.2, -0.15) is 0 Å². The summed E-state index contributed by atoms with van der Waals surface area (Å²) in [5.74, 6) is 0.609. The molecule has 2 aliphatic rings. The van der Waals surface area contributed by atoms with Gasteiger partial charge in [0.25, 0.3) is 0 Å². The van der Waals surface area contributed by atoms with Gasteiger partial charge >= 0.3 is 0 Å². The van der Waals surface area contributed by atoms with Gasteiger partial charge in [-0.3, -0.25) is 0 Å². The number of hydrogen-bond donors (Lipinski definition) is 2. The first kappa shape index (κ1) is 10.4. The molecule has 2 aliphatic carbocycles. The minimum atomic E-state index is 0.0127. The first-order valence-corrected chi connectivity index (χ1v) is 6.28. The van der Waals surface area contributed by atoms with E-state index in [9.17, 15) is 5.11 Å². The lowest BCUT2D eigenvalue weighted by Crippen LogP contribution is -2.35. The zero-order chi connectivity index (χ0) is 9.80. The molecule has 2 N–H and O–H groups in total. The topological polar surface area (TPSA) is 32.3 Å². The number of nitrogens with one attached hydrogen (secondary N) is 1. The highest BCUT2D eigenvalue weighted by molar-refractivity contribution is 4.78. The SMILES string of the molecule is OC1CCCC1CCCNC1CCC1. The van der Waals surface area contributed by atoms with E-state index >= 15 is 0 Å². The molecule has 0 amide bonds. The van der Waals surface area contributed by atoms with Crippen LogP contribution < -0.4 is 5.32 Å². The van der Waals surface area contributed by atoms with Crippen molar-refractivity contribution in [3.05, 3.63) is 0 Å². The molecule has 2 fully saturated rings. The number of aliphatic hydroxyl groups excluding tert-OH is 1. The molecule has 2 heteroatoms. The maximum Gasteiger partial charge on any atom is 0.0568 e. The Morgan fingerprint density at radius 2 is 1.86 bits per heavy atom. The Labute approximate surface area is 87.1 Å².